The van der Waals surface area contributed by atoms with Crippen molar-refractivity contribution in [3.05, 3.63) is 29.6 Å². The molecule has 1 N–H and O–H groups in total. The molecule has 1 saturated heterocycles. The summed E-state index contributed by atoms with van der Waals surface area (Å²) in [6.45, 7) is 12.5. The van der Waals surface area contributed by atoms with Crippen LogP contribution < -0.4 is 10.1 Å². The number of aryl methyl sites for hydroxylation is 1. The van der Waals surface area contributed by atoms with Crippen molar-refractivity contribution >= 4 is 12.0 Å². The van der Waals surface area contributed by atoms with Gasteiger partial charge in [0.25, 0.3) is 0 Å². The maximum Gasteiger partial charge on any atom is 0.410 e. The number of likely N-dealkylation sites (tertiary alicyclic amines) is 1. The van der Waals surface area contributed by atoms with E-state index in [0.29, 0.717) is 24.4 Å². The molecule has 0 spiro atoms. The minimum atomic E-state index is -0.570. The lowest BCUT2D eigenvalue weighted by atomic mass is 10.1. The molecule has 1 heterocycles. The Kier molecular flexibility index (Phi) is 5.54. The van der Waals surface area contributed by atoms with Crippen molar-refractivity contribution in [1.29, 1.82) is 0 Å². The summed E-state index contributed by atoms with van der Waals surface area (Å²) in [4.78, 5) is 26.6. The summed E-state index contributed by atoms with van der Waals surface area (Å²) < 4.78 is 24.4. The van der Waals surface area contributed by atoms with Crippen molar-refractivity contribution in [2.24, 2.45) is 17.8 Å². The van der Waals surface area contributed by atoms with Crippen LogP contribution in [0.3, 0.4) is 0 Å². The molecule has 0 radical (unpaired) electrons. The lowest BCUT2D eigenvalue weighted by Crippen LogP contribution is -2.49. The summed E-state index contributed by atoms with van der Waals surface area (Å²) in [5.41, 5.74) is -0.376. The molecule has 6 nitrogen and oxygen atoms in total. The summed E-state index contributed by atoms with van der Waals surface area (Å²) in [7, 11) is 0. The van der Waals surface area contributed by atoms with Crippen molar-refractivity contribution in [3.8, 4) is 5.75 Å². The molecule has 1 aromatic carbocycles. The summed E-state index contributed by atoms with van der Waals surface area (Å²) in [6.07, 6.45) is -0.313. The largest absolute Gasteiger partial charge is 0.491 e. The average Bonchev–Trinajstić information content (AvgIpc) is 3.06. The van der Waals surface area contributed by atoms with Crippen molar-refractivity contribution in [3.63, 3.8) is 0 Å². The number of hydrogen-bond acceptors (Lipinski definition) is 4. The van der Waals surface area contributed by atoms with Crippen LogP contribution >= 0.6 is 0 Å². The number of nitrogens with one attached hydrogen (secondary N) is 1. The van der Waals surface area contributed by atoms with E-state index in [1.54, 1.807) is 17.9 Å². The first-order valence-electron chi connectivity index (χ1n) is 10.1. The Morgan fingerprint density at radius 1 is 1.17 bits per heavy atom. The number of halogens is 1. The quantitative estimate of drug-likeness (QED) is 0.812. The molecule has 2 amide bonds. The molecule has 7 heteroatoms. The van der Waals surface area contributed by atoms with Crippen LogP contribution in [0, 0.1) is 30.5 Å². The van der Waals surface area contributed by atoms with Gasteiger partial charge in [-0.2, -0.15) is 0 Å². The number of rotatable bonds is 5. The first-order valence-corrected chi connectivity index (χ1v) is 10.1. The molecule has 1 saturated carbocycles. The normalized spacial score (nSPS) is 23.4. The van der Waals surface area contributed by atoms with Crippen LogP contribution in [0.1, 0.15) is 40.2 Å². The smallest absolute Gasteiger partial charge is 0.410 e. The Balaban J connectivity index is 1.47. The Bertz CT molecular complexity index is 790. The van der Waals surface area contributed by atoms with E-state index in [-0.39, 0.29) is 42.2 Å². The molecule has 1 aromatic rings. The number of carbonyl (C=O) groups is 2. The minimum absolute atomic E-state index is 0.00623. The Morgan fingerprint density at radius 3 is 2.34 bits per heavy atom. The Labute approximate surface area is 171 Å². The van der Waals surface area contributed by atoms with Crippen LogP contribution in [-0.4, -0.2) is 47.7 Å². The topological polar surface area (TPSA) is 67.9 Å². The monoisotopic (exact) mass is 406 g/mol. The van der Waals surface area contributed by atoms with E-state index in [9.17, 15) is 14.0 Å². The van der Waals surface area contributed by atoms with E-state index < -0.39 is 11.1 Å². The third-order valence-corrected chi connectivity index (χ3v) is 5.34. The third-order valence-electron chi connectivity index (χ3n) is 5.34. The predicted octanol–water partition coefficient (Wildman–Crippen LogP) is 3.52. The van der Waals surface area contributed by atoms with Gasteiger partial charge in [0.2, 0.25) is 5.91 Å². The molecule has 1 aliphatic carbocycles. The van der Waals surface area contributed by atoms with Crippen LogP contribution in [0.5, 0.6) is 5.75 Å². The van der Waals surface area contributed by atoms with Crippen LogP contribution in [0.4, 0.5) is 9.18 Å². The maximum atomic E-state index is 13.2. The first-order chi connectivity index (χ1) is 13.4. The lowest BCUT2D eigenvalue weighted by molar-refractivity contribution is -0.125. The number of amides is 2. The van der Waals surface area contributed by atoms with Gasteiger partial charge in [0.15, 0.2) is 0 Å². The van der Waals surface area contributed by atoms with E-state index in [2.05, 4.69) is 5.32 Å². The van der Waals surface area contributed by atoms with E-state index in [1.807, 2.05) is 34.6 Å². The highest BCUT2D eigenvalue weighted by atomic mass is 19.1. The van der Waals surface area contributed by atoms with Gasteiger partial charge in [-0.05, 0) is 77.1 Å². The zero-order valence-electron chi connectivity index (χ0n) is 18.0. The number of fused-ring (bicyclic) bond motifs is 1. The second kappa shape index (κ2) is 7.50. The molecule has 2 aliphatic rings. The summed E-state index contributed by atoms with van der Waals surface area (Å²) in [5, 5.41) is 3.06. The number of piperidine rings is 1. The number of ether oxygens (including phenoxy) is 2. The fourth-order valence-corrected chi connectivity index (χ4v) is 3.88. The van der Waals surface area contributed by atoms with Gasteiger partial charge in [0.05, 0.1) is 5.54 Å². The zero-order valence-corrected chi connectivity index (χ0v) is 18.0. The molecule has 3 rings (SSSR count). The zero-order chi connectivity index (χ0) is 21.6. The van der Waals surface area contributed by atoms with Crippen molar-refractivity contribution < 1.29 is 23.5 Å². The molecule has 29 heavy (non-hydrogen) atoms. The molecular formula is C22H31FN2O4. The SMILES string of the molecule is Cc1cc(F)ccc1OCC(C)(C)NC(=O)C1C2CN(C(=O)OC(C)(C)C)C[C@H]21. The highest BCUT2D eigenvalue weighted by Crippen LogP contribution is 2.52. The first kappa shape index (κ1) is 21.4. The van der Waals surface area contributed by atoms with Gasteiger partial charge in [0, 0.05) is 19.0 Å². The van der Waals surface area contributed by atoms with Gasteiger partial charge in [0.1, 0.15) is 23.8 Å². The highest BCUT2D eigenvalue weighted by Gasteiger charge is 2.61. The van der Waals surface area contributed by atoms with E-state index in [4.69, 9.17) is 9.47 Å². The van der Waals surface area contributed by atoms with Gasteiger partial charge in [-0.15, -0.1) is 0 Å². The maximum absolute atomic E-state index is 13.2. The molecule has 2 fully saturated rings. The predicted molar refractivity (Wildman–Crippen MR) is 107 cm³/mol. The van der Waals surface area contributed by atoms with Crippen LogP contribution in [0.25, 0.3) is 0 Å². The number of carbonyl (C=O) groups excluding carboxylic acids is 2. The standard InChI is InChI=1S/C22H31FN2O4/c1-13-9-14(23)7-8-17(13)28-12-22(5,6)24-19(26)18-15-10-25(11-16(15)18)20(27)29-21(2,3)4/h7-9,15-16,18H,10-12H2,1-6H3,(H,24,26)/t15-,16?,18?/m1/s1. The summed E-state index contributed by atoms with van der Waals surface area (Å²) in [6, 6.07) is 4.37. The average molecular weight is 406 g/mol. The molecule has 0 aromatic heterocycles. The molecule has 2 unspecified atom stereocenters. The number of hydrogen-bond donors (Lipinski definition) is 1. The lowest BCUT2D eigenvalue weighted by Gasteiger charge is -2.28. The molecular weight excluding hydrogens is 375 g/mol. The van der Waals surface area contributed by atoms with Crippen LogP contribution in [0.2, 0.25) is 0 Å². The molecule has 0 bridgehead atoms. The summed E-state index contributed by atoms with van der Waals surface area (Å²) in [5.74, 6) is 0.610. The van der Waals surface area contributed by atoms with E-state index in [0.717, 1.165) is 0 Å². The van der Waals surface area contributed by atoms with Gasteiger partial charge in [-0.25, -0.2) is 9.18 Å². The molecule has 1 aliphatic heterocycles. The number of benzene rings is 1. The Morgan fingerprint density at radius 2 is 1.79 bits per heavy atom. The molecule has 3 atom stereocenters. The van der Waals surface area contributed by atoms with Gasteiger partial charge in [-0.3, -0.25) is 4.79 Å². The number of nitrogens with zero attached hydrogens (tertiary/aromatic N) is 1. The summed E-state index contributed by atoms with van der Waals surface area (Å²) >= 11 is 0. The molecule has 160 valence electrons. The highest BCUT2D eigenvalue weighted by molar-refractivity contribution is 5.84. The fraction of sp³-hybridized carbons (Fsp3) is 0.636. The van der Waals surface area contributed by atoms with E-state index >= 15 is 0 Å². The fourth-order valence-electron chi connectivity index (χ4n) is 3.88. The Hall–Kier alpha value is -2.31. The van der Waals surface area contributed by atoms with Crippen molar-refractivity contribution in [2.45, 2.75) is 52.7 Å². The van der Waals surface area contributed by atoms with E-state index in [1.165, 1.54) is 12.1 Å². The van der Waals surface area contributed by atoms with Gasteiger partial charge >= 0.3 is 6.09 Å². The van der Waals surface area contributed by atoms with Gasteiger partial charge < -0.3 is 19.7 Å². The second-order valence-electron chi connectivity index (χ2n) is 9.81. The van der Waals surface area contributed by atoms with Gasteiger partial charge in [-0.1, -0.05) is 0 Å². The van der Waals surface area contributed by atoms with Crippen molar-refractivity contribution in [2.75, 3.05) is 19.7 Å². The minimum Gasteiger partial charge on any atom is -0.491 e. The third kappa shape index (κ3) is 5.19. The van der Waals surface area contributed by atoms with Crippen LogP contribution in [-0.2, 0) is 9.53 Å². The van der Waals surface area contributed by atoms with Crippen LogP contribution in [0.15, 0.2) is 18.2 Å². The van der Waals surface area contributed by atoms with Crippen molar-refractivity contribution in [1.82, 2.24) is 10.2 Å². The second-order valence-corrected chi connectivity index (χ2v) is 9.81.